The highest BCUT2D eigenvalue weighted by molar-refractivity contribution is 7.88. The zero-order valence-corrected chi connectivity index (χ0v) is 15.2. The van der Waals surface area contributed by atoms with E-state index in [1.165, 1.54) is 10.6 Å². The number of hydrogen-bond acceptors (Lipinski definition) is 5. The molecule has 1 aromatic heterocycles. The van der Waals surface area contributed by atoms with Gasteiger partial charge in [0.2, 0.25) is 10.0 Å². The lowest BCUT2D eigenvalue weighted by Crippen LogP contribution is -2.42. The molecule has 1 amide bonds. The Balaban J connectivity index is 1.76. The molecule has 0 unspecified atom stereocenters. The minimum Gasteiger partial charge on any atom is -0.360 e. The van der Waals surface area contributed by atoms with Crippen LogP contribution in [0.1, 0.15) is 48.5 Å². The average molecular weight is 355 g/mol. The number of amides is 1. The highest BCUT2D eigenvalue weighted by atomic mass is 32.2. The number of hydrogen-bond donors (Lipinski definition) is 1. The van der Waals surface area contributed by atoms with Crippen LogP contribution in [0.2, 0.25) is 0 Å². The summed E-state index contributed by atoms with van der Waals surface area (Å²) < 4.78 is 30.4. The van der Waals surface area contributed by atoms with Crippen LogP contribution in [0.15, 0.2) is 4.52 Å². The molecule has 1 aliphatic carbocycles. The standard InChI is InChI=1S/C16H25N3O4S/c1-10(2)12-8-19(24(3,21)22)9-13(12)17-16(20)15-11-6-4-5-7-14(11)23-18-15/h10,12-13H,4-9H2,1-3H3,(H,17,20)/t12-,13+/m1/s1. The van der Waals surface area contributed by atoms with E-state index < -0.39 is 10.0 Å². The Hall–Kier alpha value is -1.41. The number of nitrogens with zero attached hydrogens (tertiary/aromatic N) is 2. The second-order valence-electron chi connectivity index (χ2n) is 7.21. The van der Waals surface area contributed by atoms with E-state index in [0.29, 0.717) is 18.8 Å². The number of carbonyl (C=O) groups excluding carboxylic acids is 1. The summed E-state index contributed by atoms with van der Waals surface area (Å²) in [5, 5.41) is 6.96. The fourth-order valence-electron chi connectivity index (χ4n) is 3.69. The van der Waals surface area contributed by atoms with E-state index in [2.05, 4.69) is 10.5 Å². The van der Waals surface area contributed by atoms with E-state index >= 15 is 0 Å². The quantitative estimate of drug-likeness (QED) is 0.876. The van der Waals surface area contributed by atoms with Crippen molar-refractivity contribution in [2.24, 2.45) is 11.8 Å². The second-order valence-corrected chi connectivity index (χ2v) is 9.19. The first-order valence-electron chi connectivity index (χ1n) is 8.50. The fraction of sp³-hybridized carbons (Fsp3) is 0.750. The van der Waals surface area contributed by atoms with Gasteiger partial charge in [-0.3, -0.25) is 4.79 Å². The Labute approximate surface area is 142 Å². The molecule has 2 heterocycles. The normalized spacial score (nSPS) is 25.0. The molecule has 2 aliphatic rings. The number of aryl methyl sites for hydroxylation is 1. The van der Waals surface area contributed by atoms with E-state index in [0.717, 1.165) is 37.0 Å². The SMILES string of the molecule is CC(C)[C@H]1CN(S(C)(=O)=O)C[C@@H]1NC(=O)c1noc2c1CCCC2. The average Bonchev–Trinajstić information content (AvgIpc) is 3.10. The number of sulfonamides is 1. The highest BCUT2D eigenvalue weighted by Gasteiger charge is 2.40. The van der Waals surface area contributed by atoms with Gasteiger partial charge < -0.3 is 9.84 Å². The third kappa shape index (κ3) is 3.35. The maximum absolute atomic E-state index is 12.7. The van der Waals surface area contributed by atoms with Crippen LogP contribution in [-0.4, -0.2) is 49.2 Å². The zero-order valence-electron chi connectivity index (χ0n) is 14.4. The van der Waals surface area contributed by atoms with Gasteiger partial charge in [-0.15, -0.1) is 0 Å². The molecule has 8 heteroatoms. The first-order chi connectivity index (χ1) is 11.3. The number of nitrogens with one attached hydrogen (secondary N) is 1. The Morgan fingerprint density at radius 2 is 2.00 bits per heavy atom. The van der Waals surface area contributed by atoms with Crippen molar-refractivity contribution in [1.82, 2.24) is 14.8 Å². The summed E-state index contributed by atoms with van der Waals surface area (Å²) in [4.78, 5) is 12.7. The van der Waals surface area contributed by atoms with Crippen molar-refractivity contribution in [2.75, 3.05) is 19.3 Å². The maximum atomic E-state index is 12.7. The third-order valence-corrected chi connectivity index (χ3v) is 6.37. The fourth-order valence-corrected chi connectivity index (χ4v) is 4.56. The van der Waals surface area contributed by atoms with Crippen LogP contribution in [0.4, 0.5) is 0 Å². The van der Waals surface area contributed by atoms with Gasteiger partial charge in [-0.25, -0.2) is 8.42 Å². The molecule has 1 saturated heterocycles. The maximum Gasteiger partial charge on any atom is 0.274 e. The Bertz CT molecular complexity index is 726. The van der Waals surface area contributed by atoms with Gasteiger partial charge in [0.25, 0.3) is 5.91 Å². The lowest BCUT2D eigenvalue weighted by molar-refractivity contribution is 0.0915. The van der Waals surface area contributed by atoms with Crippen molar-refractivity contribution in [3.63, 3.8) is 0 Å². The van der Waals surface area contributed by atoms with E-state index in [1.807, 2.05) is 13.8 Å². The van der Waals surface area contributed by atoms with Crippen molar-refractivity contribution in [2.45, 2.75) is 45.6 Å². The van der Waals surface area contributed by atoms with Gasteiger partial charge in [0.15, 0.2) is 5.69 Å². The molecule has 1 aromatic rings. The van der Waals surface area contributed by atoms with Gasteiger partial charge in [0.05, 0.1) is 6.26 Å². The monoisotopic (exact) mass is 355 g/mol. The summed E-state index contributed by atoms with van der Waals surface area (Å²) in [5.74, 6) is 0.920. The molecule has 1 N–H and O–H groups in total. The molecular weight excluding hydrogens is 330 g/mol. The van der Waals surface area contributed by atoms with Crippen LogP contribution in [0.5, 0.6) is 0 Å². The molecule has 2 atom stereocenters. The smallest absolute Gasteiger partial charge is 0.274 e. The van der Waals surface area contributed by atoms with Crippen molar-refractivity contribution < 1.29 is 17.7 Å². The number of carbonyl (C=O) groups is 1. The molecule has 7 nitrogen and oxygen atoms in total. The third-order valence-electron chi connectivity index (χ3n) is 5.14. The molecule has 0 radical (unpaired) electrons. The molecule has 0 spiro atoms. The summed E-state index contributed by atoms with van der Waals surface area (Å²) in [5.41, 5.74) is 1.28. The first kappa shape index (κ1) is 17.4. The molecular formula is C16H25N3O4S. The molecule has 1 fully saturated rings. The molecule has 24 heavy (non-hydrogen) atoms. The van der Waals surface area contributed by atoms with E-state index in [1.54, 1.807) is 0 Å². The van der Waals surface area contributed by atoms with Gasteiger partial charge in [0, 0.05) is 31.1 Å². The topological polar surface area (TPSA) is 92.5 Å². The summed E-state index contributed by atoms with van der Waals surface area (Å²) in [6, 6.07) is -0.205. The Kier molecular flexibility index (Phi) is 4.70. The largest absolute Gasteiger partial charge is 0.360 e. The molecule has 134 valence electrons. The van der Waals surface area contributed by atoms with Crippen LogP contribution in [0.25, 0.3) is 0 Å². The summed E-state index contributed by atoms with van der Waals surface area (Å²) in [6.45, 7) is 4.85. The molecule has 3 rings (SSSR count). The first-order valence-corrected chi connectivity index (χ1v) is 10.4. The van der Waals surface area contributed by atoms with Crippen LogP contribution in [0, 0.1) is 11.8 Å². The molecule has 0 aromatic carbocycles. The van der Waals surface area contributed by atoms with Gasteiger partial charge in [0.1, 0.15) is 5.76 Å². The minimum absolute atomic E-state index is 0.0893. The minimum atomic E-state index is -3.26. The summed E-state index contributed by atoms with van der Waals surface area (Å²) >= 11 is 0. The summed E-state index contributed by atoms with van der Waals surface area (Å²) in [7, 11) is -3.26. The number of aromatic nitrogens is 1. The van der Waals surface area contributed by atoms with Gasteiger partial charge in [-0.2, -0.15) is 4.31 Å². The second kappa shape index (κ2) is 6.48. The Morgan fingerprint density at radius 3 is 2.67 bits per heavy atom. The van der Waals surface area contributed by atoms with Crippen LogP contribution < -0.4 is 5.32 Å². The zero-order chi connectivity index (χ0) is 17.5. The van der Waals surface area contributed by atoms with Crippen molar-refractivity contribution in [3.05, 3.63) is 17.0 Å². The Morgan fingerprint density at radius 1 is 1.29 bits per heavy atom. The molecule has 0 bridgehead atoms. The number of fused-ring (bicyclic) bond motifs is 1. The van der Waals surface area contributed by atoms with Gasteiger partial charge in [-0.05, 0) is 31.1 Å². The van der Waals surface area contributed by atoms with Gasteiger partial charge >= 0.3 is 0 Å². The van der Waals surface area contributed by atoms with Crippen molar-refractivity contribution >= 4 is 15.9 Å². The molecule has 0 saturated carbocycles. The lowest BCUT2D eigenvalue weighted by Gasteiger charge is -2.22. The van der Waals surface area contributed by atoms with Crippen molar-refractivity contribution in [3.8, 4) is 0 Å². The van der Waals surface area contributed by atoms with Crippen LogP contribution in [-0.2, 0) is 22.9 Å². The lowest BCUT2D eigenvalue weighted by atomic mass is 9.91. The van der Waals surface area contributed by atoms with Crippen molar-refractivity contribution in [1.29, 1.82) is 0 Å². The van der Waals surface area contributed by atoms with E-state index in [-0.39, 0.29) is 23.8 Å². The summed E-state index contributed by atoms with van der Waals surface area (Å²) in [6.07, 6.45) is 4.95. The predicted molar refractivity (Wildman–Crippen MR) is 89.1 cm³/mol. The molecule has 1 aliphatic heterocycles. The van der Waals surface area contributed by atoms with E-state index in [9.17, 15) is 13.2 Å². The van der Waals surface area contributed by atoms with E-state index in [4.69, 9.17) is 4.52 Å². The van der Waals surface area contributed by atoms with Gasteiger partial charge in [-0.1, -0.05) is 19.0 Å². The predicted octanol–water partition coefficient (Wildman–Crippen LogP) is 1.20. The van der Waals surface area contributed by atoms with Crippen LogP contribution >= 0.6 is 0 Å². The van der Waals surface area contributed by atoms with Crippen LogP contribution in [0.3, 0.4) is 0 Å². The number of rotatable bonds is 4. The highest BCUT2D eigenvalue weighted by Crippen LogP contribution is 2.28.